The second kappa shape index (κ2) is 10.5. The van der Waals surface area contributed by atoms with Gasteiger partial charge in [0.2, 0.25) is 5.95 Å². The van der Waals surface area contributed by atoms with Crippen molar-refractivity contribution in [2.75, 3.05) is 31.8 Å². The third-order valence-corrected chi connectivity index (χ3v) is 11.1. The highest BCUT2D eigenvalue weighted by Crippen LogP contribution is 2.72. The first-order valence-electron chi connectivity index (χ1n) is 14.1. The maximum absolute atomic E-state index is 16.3. The lowest BCUT2D eigenvalue weighted by Gasteiger charge is -2.29. The molecule has 11 atom stereocenters. The van der Waals surface area contributed by atoms with E-state index in [0.29, 0.717) is 0 Å². The number of halogens is 1. The van der Waals surface area contributed by atoms with Crippen molar-refractivity contribution >= 4 is 49.7 Å². The van der Waals surface area contributed by atoms with Crippen LogP contribution in [0.15, 0.2) is 23.8 Å². The summed E-state index contributed by atoms with van der Waals surface area (Å²) in [4.78, 5) is 56.9. The molecule has 0 amide bonds. The Labute approximate surface area is 261 Å². The quantitative estimate of drug-likeness (QED) is 0.175. The number of nitrogens with zero attached hydrogens (tertiary/aromatic N) is 7. The van der Waals surface area contributed by atoms with Gasteiger partial charge in [0, 0.05) is 12.5 Å². The lowest BCUT2D eigenvalue weighted by atomic mass is 10.0. The van der Waals surface area contributed by atoms with Crippen LogP contribution in [0.3, 0.4) is 0 Å². The summed E-state index contributed by atoms with van der Waals surface area (Å²) in [5, 5.41) is 0. The SMILES string of the molecule is CO[C@H]1[C@H]2OP(=O)(O)OC[C@@]34C[C@@H]3[C@@H](n3cnc5c(N)ncnc53)[C@@H](F)[C@@H]4OP(=O)(O)OC[C@H]1O[C@H]2n1cnc2c(=O)[nH]c(N)nc21. The number of fused-ring (bicyclic) bond motifs is 4. The van der Waals surface area contributed by atoms with Crippen LogP contribution < -0.4 is 17.0 Å². The fourth-order valence-corrected chi connectivity index (χ4v) is 9.03. The Morgan fingerprint density at radius 2 is 1.81 bits per heavy atom. The summed E-state index contributed by atoms with van der Waals surface area (Å²) in [5.41, 5.74) is 9.88. The zero-order valence-electron chi connectivity index (χ0n) is 24.1. The van der Waals surface area contributed by atoms with Crippen molar-refractivity contribution in [3.05, 3.63) is 29.3 Å². The van der Waals surface area contributed by atoms with E-state index in [0.717, 1.165) is 0 Å². The smallest absolute Gasteiger partial charge is 0.382 e. The number of ether oxygens (including phenoxy) is 2. The van der Waals surface area contributed by atoms with Crippen LogP contribution in [0.4, 0.5) is 16.2 Å². The van der Waals surface area contributed by atoms with E-state index in [1.54, 1.807) is 0 Å². The lowest BCUT2D eigenvalue weighted by Crippen LogP contribution is -2.37. The monoisotopic (exact) mass is 700 g/mol. The third kappa shape index (κ3) is 4.82. The zero-order chi connectivity index (χ0) is 33.0. The second-order valence-electron chi connectivity index (χ2n) is 11.7. The molecule has 4 aromatic rings. The van der Waals surface area contributed by atoms with Crippen LogP contribution in [-0.4, -0.2) is 99.7 Å². The van der Waals surface area contributed by atoms with E-state index >= 15 is 4.39 Å². The number of nitrogens with two attached hydrogens (primary N) is 2. The van der Waals surface area contributed by atoms with E-state index < -0.39 is 88.6 Å². The molecule has 252 valence electrons. The first-order valence-corrected chi connectivity index (χ1v) is 17.1. The first kappa shape index (κ1) is 30.9. The predicted molar refractivity (Wildman–Crippen MR) is 153 cm³/mol. The summed E-state index contributed by atoms with van der Waals surface area (Å²) in [5.74, 6) is -0.791. The normalized spacial score (nSPS) is 40.4. The van der Waals surface area contributed by atoms with Crippen molar-refractivity contribution < 1.29 is 50.9 Å². The second-order valence-corrected chi connectivity index (χ2v) is 14.5. The summed E-state index contributed by atoms with van der Waals surface area (Å²) in [6.45, 7) is -1.29. The molecule has 2 saturated carbocycles. The van der Waals surface area contributed by atoms with Gasteiger partial charge in [-0.25, -0.2) is 33.5 Å². The molecule has 0 radical (unpaired) electrons. The molecule has 2 saturated heterocycles. The number of phosphoric acid groups is 2. The Kier molecular flexibility index (Phi) is 6.92. The van der Waals surface area contributed by atoms with Crippen molar-refractivity contribution in [1.82, 2.24) is 39.0 Å². The van der Waals surface area contributed by atoms with Gasteiger partial charge >= 0.3 is 15.6 Å². The molecule has 4 aromatic heterocycles. The first-order chi connectivity index (χ1) is 22.3. The number of phosphoric ester groups is 2. The molecule has 1 spiro atoms. The minimum atomic E-state index is -5.04. The fraction of sp³-hybridized carbons (Fsp3) is 0.565. The van der Waals surface area contributed by atoms with Crippen LogP contribution in [0.2, 0.25) is 0 Å². The highest BCUT2D eigenvalue weighted by Gasteiger charge is 2.75. The van der Waals surface area contributed by atoms with Crippen LogP contribution in [0.25, 0.3) is 22.3 Å². The Bertz CT molecular complexity index is 2060. The van der Waals surface area contributed by atoms with Gasteiger partial charge in [-0.3, -0.25) is 32.4 Å². The summed E-state index contributed by atoms with van der Waals surface area (Å²) in [6.07, 6.45) is -4.97. The molecule has 7 N–H and O–H groups in total. The van der Waals surface area contributed by atoms with Crippen molar-refractivity contribution in [2.24, 2.45) is 11.3 Å². The molecule has 6 heterocycles. The molecule has 2 aliphatic carbocycles. The number of H-pyrrole nitrogens is 1. The average Bonchev–Trinajstić information content (AvgIpc) is 3.30. The number of hydrogen-bond acceptors (Lipinski definition) is 16. The van der Waals surface area contributed by atoms with Crippen molar-refractivity contribution in [1.29, 1.82) is 0 Å². The van der Waals surface area contributed by atoms with Gasteiger partial charge in [-0.05, 0) is 12.3 Å². The predicted octanol–water partition coefficient (Wildman–Crippen LogP) is -0.0466. The van der Waals surface area contributed by atoms with Gasteiger partial charge in [0.1, 0.15) is 42.4 Å². The highest BCUT2D eigenvalue weighted by atomic mass is 31.2. The Morgan fingerprint density at radius 1 is 1.06 bits per heavy atom. The lowest BCUT2D eigenvalue weighted by molar-refractivity contribution is -0.0625. The number of nitrogens with one attached hydrogen (secondary N) is 1. The van der Waals surface area contributed by atoms with E-state index in [2.05, 4.69) is 29.9 Å². The van der Waals surface area contributed by atoms with E-state index in [4.69, 9.17) is 39.0 Å². The van der Waals surface area contributed by atoms with Crippen LogP contribution in [0.1, 0.15) is 18.7 Å². The molecule has 0 aromatic carbocycles. The largest absolute Gasteiger partial charge is 0.472 e. The molecular weight excluding hydrogens is 673 g/mol. The van der Waals surface area contributed by atoms with E-state index in [1.165, 1.54) is 35.2 Å². The number of imidazole rings is 2. The Balaban J connectivity index is 1.15. The number of aromatic amines is 1. The van der Waals surface area contributed by atoms with Crippen LogP contribution >= 0.6 is 15.6 Å². The Hall–Kier alpha value is -3.43. The van der Waals surface area contributed by atoms with Gasteiger partial charge in [0.15, 0.2) is 28.9 Å². The third-order valence-electron chi connectivity index (χ3n) is 9.16. The number of hydrogen-bond donors (Lipinski definition) is 5. The molecule has 4 aliphatic rings. The van der Waals surface area contributed by atoms with Crippen molar-refractivity contribution in [3.63, 3.8) is 0 Å². The van der Waals surface area contributed by atoms with Crippen molar-refractivity contribution in [3.8, 4) is 0 Å². The van der Waals surface area contributed by atoms with Crippen LogP contribution in [0, 0.1) is 11.3 Å². The fourth-order valence-electron chi connectivity index (χ4n) is 7.02. The summed E-state index contributed by atoms with van der Waals surface area (Å²) >= 11 is 0. The molecule has 21 nitrogen and oxygen atoms in total. The van der Waals surface area contributed by atoms with Crippen LogP contribution in [-0.2, 0) is 36.7 Å². The Morgan fingerprint density at radius 3 is 2.60 bits per heavy atom. The molecule has 2 aliphatic heterocycles. The number of alkyl halides is 1. The molecule has 4 fully saturated rings. The molecular formula is C23H27FN10O11P2. The van der Waals surface area contributed by atoms with Gasteiger partial charge < -0.3 is 35.3 Å². The van der Waals surface area contributed by atoms with Gasteiger partial charge in [-0.1, -0.05) is 0 Å². The number of methoxy groups -OCH3 is 1. The average molecular weight is 700 g/mol. The van der Waals surface area contributed by atoms with Crippen LogP contribution in [0.5, 0.6) is 0 Å². The maximum atomic E-state index is 16.3. The highest BCUT2D eigenvalue weighted by molar-refractivity contribution is 7.47. The number of nitrogen functional groups attached to an aromatic ring is 2. The summed E-state index contributed by atoms with van der Waals surface area (Å²) < 4.78 is 79.3. The van der Waals surface area contributed by atoms with Gasteiger partial charge in [0.05, 0.1) is 31.9 Å². The number of aromatic nitrogens is 8. The van der Waals surface area contributed by atoms with E-state index in [9.17, 15) is 23.7 Å². The molecule has 8 rings (SSSR count). The summed E-state index contributed by atoms with van der Waals surface area (Å²) in [6, 6.07) is -1.03. The van der Waals surface area contributed by atoms with Crippen molar-refractivity contribution in [2.45, 2.75) is 49.3 Å². The minimum absolute atomic E-state index is 0.0557. The maximum Gasteiger partial charge on any atom is 0.472 e. The van der Waals surface area contributed by atoms with E-state index in [1.807, 2.05) is 0 Å². The van der Waals surface area contributed by atoms with Gasteiger partial charge in [-0.15, -0.1) is 0 Å². The van der Waals surface area contributed by atoms with Gasteiger partial charge in [-0.2, -0.15) is 4.98 Å². The molecule has 2 unspecified atom stereocenters. The minimum Gasteiger partial charge on any atom is -0.382 e. The standard InChI is InChI=1S/C23H27FN10O11P2/c1-40-14-9-3-41-46(36,37)45-16-10(24)13(33-6-29-11-17(25)27-5-28-18(11)33)8-2-23(8,16)4-42-47(38,39)44-15(14)21(43-9)34-7-30-12-19(34)31-22(26)32-20(12)35/h5-10,13-16,21H,2-4H2,1H3,(H,36,37)(H,38,39)(H2,25,27,28)(H3,26,31,32,35)/t8-,9-,10-,13-,14-,15-,16+,21-,23+/m1/s1. The number of anilines is 2. The van der Waals surface area contributed by atoms with Gasteiger partial charge in [0.25, 0.3) is 5.56 Å². The molecule has 2 bridgehead atoms. The van der Waals surface area contributed by atoms with E-state index in [-0.39, 0.29) is 40.5 Å². The summed E-state index contributed by atoms with van der Waals surface area (Å²) in [7, 11) is -8.82. The molecule has 47 heavy (non-hydrogen) atoms. The zero-order valence-corrected chi connectivity index (χ0v) is 25.9. The number of rotatable bonds is 3. The molecule has 24 heteroatoms. The topological polar surface area (TPSA) is 289 Å².